The van der Waals surface area contributed by atoms with Crippen LogP contribution < -0.4 is 16.0 Å². The van der Waals surface area contributed by atoms with Gasteiger partial charge in [0.1, 0.15) is 17.9 Å². The molecule has 1 aromatic heterocycles. The number of aromatic nitrogens is 2. The lowest BCUT2D eigenvalue weighted by atomic mass is 9.91. The standard InChI is InChI=1S/C42H53N7O9/c1-55-41(53)46-35(29-16-21-57-22-17-29)39(51)48-19-15-30(24-48)38(50)44-32-13-11-27(12-14-32)26-7-9-28(10-8-26)33-23-43-37(45-33)34-6-3-18-49(34)40(52)36(47-42(54)56-2)31-5-4-20-58-25-31/h7-14,23,29-31,34-36H,3-6,15-22,24-25H2,1-2H3,(H,43,45)(H,44,50)(H,46,53)(H,47,54)/t30-,31?,34-,35-,36+/m0/s1. The molecule has 5 heterocycles. The minimum Gasteiger partial charge on any atom is -0.453 e. The number of alkyl carbamates (subject to hydrolysis) is 2. The Balaban J connectivity index is 0.939. The maximum atomic E-state index is 13.9. The second-order valence-corrected chi connectivity index (χ2v) is 15.4. The number of likely N-dealkylation sites (tertiary alicyclic amines) is 2. The van der Waals surface area contributed by atoms with Crippen molar-refractivity contribution in [3.8, 4) is 22.4 Å². The van der Waals surface area contributed by atoms with Gasteiger partial charge >= 0.3 is 12.2 Å². The number of hydrogen-bond donors (Lipinski definition) is 4. The van der Waals surface area contributed by atoms with Crippen molar-refractivity contribution in [1.29, 1.82) is 0 Å². The maximum Gasteiger partial charge on any atom is 0.407 e. The van der Waals surface area contributed by atoms with Crippen LogP contribution >= 0.6 is 0 Å². The minimum atomic E-state index is -0.740. The van der Waals surface area contributed by atoms with E-state index in [-0.39, 0.29) is 48.1 Å². The van der Waals surface area contributed by atoms with Crippen molar-refractivity contribution < 1.29 is 42.9 Å². The Morgan fingerprint density at radius 2 is 1.40 bits per heavy atom. The summed E-state index contributed by atoms with van der Waals surface area (Å²) in [4.78, 5) is 76.6. The van der Waals surface area contributed by atoms with Crippen molar-refractivity contribution in [2.45, 2.75) is 63.1 Å². The molecule has 0 saturated carbocycles. The molecular formula is C42H53N7O9. The van der Waals surface area contributed by atoms with E-state index in [0.29, 0.717) is 70.3 Å². The summed E-state index contributed by atoms with van der Waals surface area (Å²) in [6, 6.07) is 14.0. The van der Waals surface area contributed by atoms with Crippen molar-refractivity contribution in [1.82, 2.24) is 30.4 Å². The summed E-state index contributed by atoms with van der Waals surface area (Å²) in [5.74, 6) is -0.379. The first kappa shape index (κ1) is 40.7. The van der Waals surface area contributed by atoms with E-state index in [2.05, 4.69) is 25.9 Å². The predicted octanol–water partition coefficient (Wildman–Crippen LogP) is 4.50. The van der Waals surface area contributed by atoms with E-state index < -0.39 is 24.3 Å². The van der Waals surface area contributed by atoms with Gasteiger partial charge in [-0.15, -0.1) is 0 Å². The Bertz CT molecular complexity index is 1910. The van der Waals surface area contributed by atoms with Gasteiger partial charge in [0, 0.05) is 51.1 Å². The topological polar surface area (TPSA) is 194 Å². The summed E-state index contributed by atoms with van der Waals surface area (Å²) in [6.45, 7) is 3.39. The highest BCUT2D eigenvalue weighted by Crippen LogP contribution is 2.34. The molecule has 2 aromatic carbocycles. The number of imidazole rings is 1. The number of nitrogens with zero attached hydrogens (tertiary/aromatic N) is 3. The van der Waals surface area contributed by atoms with Gasteiger partial charge in [0.05, 0.1) is 44.7 Å². The number of anilines is 1. The van der Waals surface area contributed by atoms with Gasteiger partial charge in [0.2, 0.25) is 17.7 Å². The molecule has 4 saturated heterocycles. The van der Waals surface area contributed by atoms with Crippen LogP contribution in [0.1, 0.15) is 56.8 Å². The van der Waals surface area contributed by atoms with Gasteiger partial charge in [0.25, 0.3) is 0 Å². The van der Waals surface area contributed by atoms with E-state index in [4.69, 9.17) is 18.9 Å². The lowest BCUT2D eigenvalue weighted by molar-refractivity contribution is -0.137. The second kappa shape index (κ2) is 18.9. The van der Waals surface area contributed by atoms with Gasteiger partial charge in [-0.2, -0.15) is 0 Å². The van der Waals surface area contributed by atoms with Crippen molar-refractivity contribution in [3.63, 3.8) is 0 Å². The first-order valence-corrected chi connectivity index (χ1v) is 20.2. The molecule has 58 heavy (non-hydrogen) atoms. The Morgan fingerprint density at radius 3 is 2.05 bits per heavy atom. The number of aromatic amines is 1. The number of rotatable bonds is 11. The van der Waals surface area contributed by atoms with Crippen LogP contribution in [0.5, 0.6) is 0 Å². The van der Waals surface area contributed by atoms with Crippen LogP contribution in [0.2, 0.25) is 0 Å². The molecule has 3 aromatic rings. The van der Waals surface area contributed by atoms with Crippen molar-refractivity contribution in [2.75, 3.05) is 65.6 Å². The van der Waals surface area contributed by atoms with Gasteiger partial charge < -0.3 is 49.7 Å². The summed E-state index contributed by atoms with van der Waals surface area (Å²) < 4.78 is 20.7. The molecule has 4 aliphatic rings. The first-order chi connectivity index (χ1) is 28.2. The van der Waals surface area contributed by atoms with Crippen molar-refractivity contribution in [3.05, 3.63) is 60.6 Å². The smallest absolute Gasteiger partial charge is 0.407 e. The predicted molar refractivity (Wildman–Crippen MR) is 212 cm³/mol. The van der Waals surface area contributed by atoms with E-state index >= 15 is 0 Å². The zero-order chi connectivity index (χ0) is 40.6. The fourth-order valence-corrected chi connectivity index (χ4v) is 8.56. The third-order valence-electron chi connectivity index (χ3n) is 11.9. The van der Waals surface area contributed by atoms with E-state index in [1.807, 2.05) is 53.4 Å². The summed E-state index contributed by atoms with van der Waals surface area (Å²) in [5.41, 5.74) is 4.40. The lowest BCUT2D eigenvalue weighted by Gasteiger charge is -2.34. The van der Waals surface area contributed by atoms with E-state index in [9.17, 15) is 24.0 Å². The summed E-state index contributed by atoms with van der Waals surface area (Å²) >= 11 is 0. The molecule has 0 aliphatic carbocycles. The van der Waals surface area contributed by atoms with Gasteiger partial charge in [0.15, 0.2) is 0 Å². The third-order valence-corrected chi connectivity index (χ3v) is 11.9. The van der Waals surface area contributed by atoms with E-state index in [1.165, 1.54) is 14.2 Å². The number of hydrogen-bond acceptors (Lipinski definition) is 10. The Labute approximate surface area is 337 Å². The highest BCUT2D eigenvalue weighted by molar-refractivity contribution is 5.94. The van der Waals surface area contributed by atoms with E-state index in [0.717, 1.165) is 48.1 Å². The number of carbonyl (C=O) groups excluding carboxylic acids is 5. The molecule has 0 bridgehead atoms. The zero-order valence-corrected chi connectivity index (χ0v) is 33.1. The molecule has 7 rings (SSSR count). The summed E-state index contributed by atoms with van der Waals surface area (Å²) in [7, 11) is 2.56. The Kier molecular flexibility index (Phi) is 13.2. The molecule has 5 amide bonds. The van der Waals surface area contributed by atoms with Gasteiger partial charge in [-0.05, 0) is 79.7 Å². The van der Waals surface area contributed by atoms with Crippen LogP contribution in [0.25, 0.3) is 22.4 Å². The van der Waals surface area contributed by atoms with E-state index in [1.54, 1.807) is 11.1 Å². The van der Waals surface area contributed by atoms with Crippen LogP contribution in [0.4, 0.5) is 15.3 Å². The first-order valence-electron chi connectivity index (χ1n) is 20.2. The Morgan fingerprint density at radius 1 is 0.741 bits per heavy atom. The molecule has 0 spiro atoms. The van der Waals surface area contributed by atoms with Crippen LogP contribution in [0.15, 0.2) is 54.7 Å². The largest absolute Gasteiger partial charge is 0.453 e. The molecule has 5 atom stereocenters. The molecular weight excluding hydrogens is 747 g/mol. The van der Waals surface area contributed by atoms with Gasteiger partial charge in [-0.1, -0.05) is 36.4 Å². The quantitative estimate of drug-likeness (QED) is 0.215. The maximum absolute atomic E-state index is 13.9. The normalized spacial score (nSPS) is 22.1. The number of methoxy groups -OCH3 is 2. The number of nitrogens with one attached hydrogen (secondary N) is 4. The number of amides is 5. The van der Waals surface area contributed by atoms with Crippen LogP contribution in [0.3, 0.4) is 0 Å². The van der Waals surface area contributed by atoms with Gasteiger partial charge in [-0.3, -0.25) is 14.4 Å². The Hall–Kier alpha value is -5.48. The van der Waals surface area contributed by atoms with Gasteiger partial charge in [-0.25, -0.2) is 14.6 Å². The molecule has 1 unspecified atom stereocenters. The highest BCUT2D eigenvalue weighted by atomic mass is 16.5. The SMILES string of the molecule is COC(=O)N[C@H](C(=O)N1CC[C@H](C(=O)Nc2ccc(-c3ccc(-c4cnc([C@@H]5CCCN5C(=O)[C@H](NC(=O)OC)C5CCCOC5)[nH]4)cc3)cc2)C1)C1CCOCC1. The molecule has 310 valence electrons. The summed E-state index contributed by atoms with van der Waals surface area (Å²) in [5, 5.41) is 8.50. The fraction of sp³-hybridized carbons (Fsp3) is 0.524. The van der Waals surface area contributed by atoms with Crippen molar-refractivity contribution >= 4 is 35.6 Å². The highest BCUT2D eigenvalue weighted by Gasteiger charge is 2.41. The molecule has 4 aliphatic heterocycles. The number of carbonyl (C=O) groups is 5. The molecule has 4 fully saturated rings. The fourth-order valence-electron chi connectivity index (χ4n) is 8.56. The molecule has 4 N–H and O–H groups in total. The molecule has 0 radical (unpaired) electrons. The van der Waals surface area contributed by atoms with Crippen molar-refractivity contribution in [2.24, 2.45) is 17.8 Å². The van der Waals surface area contributed by atoms with Crippen LogP contribution in [-0.4, -0.2) is 122 Å². The lowest BCUT2D eigenvalue weighted by Crippen LogP contribution is -2.53. The molecule has 16 nitrogen and oxygen atoms in total. The number of H-pyrrole nitrogens is 1. The number of benzene rings is 2. The minimum absolute atomic E-state index is 0.0616. The third kappa shape index (κ3) is 9.45. The summed E-state index contributed by atoms with van der Waals surface area (Å²) in [6.07, 6.45) is 5.53. The average molecular weight is 800 g/mol. The monoisotopic (exact) mass is 799 g/mol. The van der Waals surface area contributed by atoms with Crippen LogP contribution in [-0.2, 0) is 33.3 Å². The molecule has 16 heteroatoms. The average Bonchev–Trinajstić information content (AvgIpc) is 4.07. The van der Waals surface area contributed by atoms with Crippen LogP contribution in [0, 0.1) is 17.8 Å². The second-order valence-electron chi connectivity index (χ2n) is 15.4. The zero-order valence-electron chi connectivity index (χ0n) is 33.1. The number of ether oxygens (including phenoxy) is 4.